The SMILES string of the molecule is CNC(c1ccccc1)C(c1ccccc1)N(C)S(=O)(=O)Cc1ccccc1S(c1ccccc1)(c1ccccc1)c1ccccc1. The Balaban J connectivity index is 1.52. The first-order valence-electron chi connectivity index (χ1n) is 15.8. The summed E-state index contributed by atoms with van der Waals surface area (Å²) in [5.74, 6) is -0.143. The maximum absolute atomic E-state index is 14.8. The van der Waals surface area contributed by atoms with Crippen molar-refractivity contribution in [1.29, 1.82) is 0 Å². The Morgan fingerprint density at radius 3 is 1.36 bits per heavy atom. The van der Waals surface area contributed by atoms with Crippen LogP contribution in [-0.4, -0.2) is 26.8 Å². The number of nitrogens with zero attached hydrogens (tertiary/aromatic N) is 1. The molecule has 0 heterocycles. The summed E-state index contributed by atoms with van der Waals surface area (Å²) in [7, 11) is -2.31. The van der Waals surface area contributed by atoms with E-state index >= 15 is 0 Å². The highest BCUT2D eigenvalue weighted by Gasteiger charge is 2.38. The molecule has 6 heteroatoms. The average Bonchev–Trinajstić information content (AvgIpc) is 3.13. The van der Waals surface area contributed by atoms with Crippen molar-refractivity contribution in [2.24, 2.45) is 0 Å². The summed E-state index contributed by atoms with van der Waals surface area (Å²) in [4.78, 5) is 4.47. The molecule has 1 N–H and O–H groups in total. The molecule has 0 bridgehead atoms. The molecule has 0 spiro atoms. The quantitative estimate of drug-likeness (QED) is 0.143. The van der Waals surface area contributed by atoms with Gasteiger partial charge in [-0.3, -0.25) is 0 Å². The van der Waals surface area contributed by atoms with Gasteiger partial charge in [-0.25, -0.2) is 8.42 Å². The average molecular weight is 657 g/mol. The number of likely N-dealkylation sites (N-methyl/N-ethyl adjacent to an activating group) is 2. The summed E-state index contributed by atoms with van der Waals surface area (Å²) < 4.78 is 31.1. The Kier molecular flexibility index (Phi) is 10.0. The maximum atomic E-state index is 14.8. The van der Waals surface area contributed by atoms with Crippen LogP contribution < -0.4 is 5.32 Å². The van der Waals surface area contributed by atoms with Crippen molar-refractivity contribution in [1.82, 2.24) is 9.62 Å². The fourth-order valence-electron chi connectivity index (χ4n) is 6.49. The summed E-state index contributed by atoms with van der Waals surface area (Å²) >= 11 is 0. The van der Waals surface area contributed by atoms with Crippen LogP contribution in [0, 0.1) is 0 Å². The van der Waals surface area contributed by atoms with Gasteiger partial charge in [-0.2, -0.15) is 4.31 Å². The predicted octanol–water partition coefficient (Wildman–Crippen LogP) is 9.49. The summed E-state index contributed by atoms with van der Waals surface area (Å²) in [5.41, 5.74) is 2.73. The van der Waals surface area contributed by atoms with Crippen LogP contribution in [0.15, 0.2) is 196 Å². The third kappa shape index (κ3) is 6.55. The summed E-state index contributed by atoms with van der Waals surface area (Å²) in [6.07, 6.45) is 0. The maximum Gasteiger partial charge on any atom is 0.218 e. The van der Waals surface area contributed by atoms with Gasteiger partial charge in [-0.15, -0.1) is 10.0 Å². The first kappa shape index (κ1) is 32.5. The Labute approximate surface area is 281 Å². The largest absolute Gasteiger partial charge is 0.311 e. The van der Waals surface area contributed by atoms with E-state index in [9.17, 15) is 8.42 Å². The molecule has 0 aliphatic carbocycles. The Morgan fingerprint density at radius 2 is 0.915 bits per heavy atom. The standard InChI is InChI=1S/C41H40N2O2S2/c1-42-40(33-20-8-3-9-21-33)41(34-22-10-4-11-23-34)43(2)46(44,45)32-35-24-18-19-31-39(35)47(36-25-12-5-13-26-36,37-27-14-6-15-28-37)38-29-16-7-17-30-38/h3-31,40-42H,32H2,1-2H3. The van der Waals surface area contributed by atoms with Crippen molar-refractivity contribution >= 4 is 20.1 Å². The van der Waals surface area contributed by atoms with Crippen LogP contribution in [0.3, 0.4) is 0 Å². The van der Waals surface area contributed by atoms with Crippen LogP contribution in [0.2, 0.25) is 0 Å². The van der Waals surface area contributed by atoms with Gasteiger partial charge in [0.25, 0.3) is 0 Å². The summed E-state index contributed by atoms with van der Waals surface area (Å²) in [6, 6.07) is 58.9. The Bertz CT molecular complexity index is 1880. The highest BCUT2D eigenvalue weighted by molar-refractivity contribution is 8.34. The topological polar surface area (TPSA) is 49.4 Å². The van der Waals surface area contributed by atoms with Gasteiger partial charge in [0.15, 0.2) is 0 Å². The number of benzene rings is 6. The fourth-order valence-corrected chi connectivity index (χ4v) is 12.1. The molecule has 6 aromatic carbocycles. The van der Waals surface area contributed by atoms with Crippen molar-refractivity contribution in [3.8, 4) is 0 Å². The third-order valence-electron chi connectivity index (χ3n) is 8.69. The van der Waals surface area contributed by atoms with E-state index in [2.05, 4.69) is 84.2 Å². The van der Waals surface area contributed by atoms with E-state index in [1.165, 1.54) is 0 Å². The second-order valence-corrected chi connectivity index (χ2v) is 16.6. The van der Waals surface area contributed by atoms with Gasteiger partial charge in [0, 0.05) is 26.6 Å². The number of hydrogen-bond donors (Lipinski definition) is 1. The van der Waals surface area contributed by atoms with E-state index in [0.717, 1.165) is 36.3 Å². The van der Waals surface area contributed by atoms with E-state index in [4.69, 9.17) is 0 Å². The van der Waals surface area contributed by atoms with Gasteiger partial charge in [0.2, 0.25) is 10.0 Å². The predicted molar refractivity (Wildman–Crippen MR) is 194 cm³/mol. The summed E-state index contributed by atoms with van der Waals surface area (Å²) in [5, 5.41) is 3.43. The Morgan fingerprint density at radius 1 is 0.532 bits per heavy atom. The highest BCUT2D eigenvalue weighted by atomic mass is 32.3. The van der Waals surface area contributed by atoms with Gasteiger partial charge >= 0.3 is 0 Å². The summed E-state index contributed by atoms with van der Waals surface area (Å²) in [6.45, 7) is 0. The van der Waals surface area contributed by atoms with Crippen LogP contribution in [0.4, 0.5) is 0 Å². The lowest BCUT2D eigenvalue weighted by molar-refractivity contribution is 0.301. The molecule has 0 saturated heterocycles. The van der Waals surface area contributed by atoms with Crippen molar-refractivity contribution in [2.45, 2.75) is 37.4 Å². The van der Waals surface area contributed by atoms with Crippen molar-refractivity contribution < 1.29 is 8.42 Å². The first-order valence-corrected chi connectivity index (χ1v) is 19.0. The first-order chi connectivity index (χ1) is 23.0. The smallest absolute Gasteiger partial charge is 0.218 e. The molecule has 47 heavy (non-hydrogen) atoms. The third-order valence-corrected chi connectivity index (χ3v) is 14.5. The molecule has 0 fully saturated rings. The monoisotopic (exact) mass is 656 g/mol. The van der Waals surface area contributed by atoms with E-state index in [0.29, 0.717) is 0 Å². The molecule has 0 aliphatic rings. The zero-order valence-corrected chi connectivity index (χ0v) is 28.3. The van der Waals surface area contributed by atoms with Gasteiger partial charge < -0.3 is 5.32 Å². The van der Waals surface area contributed by atoms with Crippen LogP contribution in [0.5, 0.6) is 0 Å². The zero-order valence-electron chi connectivity index (χ0n) is 26.7. The lowest BCUT2D eigenvalue weighted by Gasteiger charge is -2.43. The van der Waals surface area contributed by atoms with Gasteiger partial charge in [-0.05, 0) is 66.2 Å². The molecule has 0 amide bonds. The number of sulfonamides is 1. The lowest BCUT2D eigenvalue weighted by atomic mass is 9.93. The molecule has 4 nitrogen and oxygen atoms in total. The zero-order chi connectivity index (χ0) is 32.7. The second-order valence-electron chi connectivity index (χ2n) is 11.5. The van der Waals surface area contributed by atoms with Crippen LogP contribution in [0.1, 0.15) is 28.8 Å². The molecule has 0 aromatic heterocycles. The molecule has 6 rings (SSSR count). The number of hydrogen-bond acceptors (Lipinski definition) is 3. The lowest BCUT2D eigenvalue weighted by Crippen LogP contribution is -2.39. The van der Waals surface area contributed by atoms with E-state index < -0.39 is 26.1 Å². The van der Waals surface area contributed by atoms with Crippen molar-refractivity contribution in [3.05, 3.63) is 193 Å². The molecule has 238 valence electrons. The minimum Gasteiger partial charge on any atom is -0.311 e. The molecule has 0 saturated carbocycles. The molecule has 2 unspecified atom stereocenters. The highest BCUT2D eigenvalue weighted by Crippen LogP contribution is 2.74. The van der Waals surface area contributed by atoms with Crippen LogP contribution >= 0.6 is 10.0 Å². The normalized spacial score (nSPS) is 13.6. The van der Waals surface area contributed by atoms with Crippen molar-refractivity contribution in [2.75, 3.05) is 14.1 Å². The van der Waals surface area contributed by atoms with Crippen LogP contribution in [0.25, 0.3) is 0 Å². The van der Waals surface area contributed by atoms with Crippen molar-refractivity contribution in [3.63, 3.8) is 0 Å². The minimum absolute atomic E-state index is 0.143. The number of rotatable bonds is 12. The molecular weight excluding hydrogens is 617 g/mol. The van der Waals surface area contributed by atoms with E-state index in [1.807, 2.05) is 104 Å². The van der Waals surface area contributed by atoms with Gasteiger partial charge in [-0.1, -0.05) is 133 Å². The van der Waals surface area contributed by atoms with Gasteiger partial charge in [0.05, 0.1) is 17.8 Å². The fraction of sp³-hybridized carbons (Fsp3) is 0.122. The van der Waals surface area contributed by atoms with Crippen LogP contribution in [-0.2, 0) is 15.8 Å². The second kappa shape index (κ2) is 14.5. The Hall–Kier alpha value is -4.46. The molecule has 0 aliphatic heterocycles. The molecule has 2 atom stereocenters. The molecular formula is C41H40N2O2S2. The van der Waals surface area contributed by atoms with E-state index in [1.54, 1.807) is 11.4 Å². The molecule has 6 aromatic rings. The minimum atomic E-state index is -3.85. The number of nitrogens with one attached hydrogen (secondary N) is 1. The van der Waals surface area contributed by atoms with E-state index in [-0.39, 0.29) is 11.8 Å². The molecule has 0 radical (unpaired) electrons. The van der Waals surface area contributed by atoms with Gasteiger partial charge in [0.1, 0.15) is 0 Å².